The van der Waals surface area contributed by atoms with Crippen LogP contribution in [0.25, 0.3) is 10.8 Å². The van der Waals surface area contributed by atoms with E-state index in [4.69, 9.17) is 4.42 Å². The molecule has 0 saturated heterocycles. The van der Waals surface area contributed by atoms with E-state index in [9.17, 15) is 9.90 Å². The molecule has 0 bridgehead atoms. The highest BCUT2D eigenvalue weighted by Gasteiger charge is 2.37. The molecule has 4 heteroatoms. The molecule has 1 aromatic heterocycles. The molecule has 0 spiro atoms. The maximum absolute atomic E-state index is 12.9. The molecule has 0 fully saturated rings. The van der Waals surface area contributed by atoms with Gasteiger partial charge >= 0.3 is 0 Å². The Balaban J connectivity index is 1.69. The summed E-state index contributed by atoms with van der Waals surface area (Å²) in [5.41, 5.74) is 2.23. The smallest absolute Gasteiger partial charge is 0.291 e. The molecular weight excluding hydrogens is 326 g/mol. The van der Waals surface area contributed by atoms with Crippen LogP contribution < -0.4 is 5.32 Å². The van der Waals surface area contributed by atoms with Crippen LogP contribution in [0.15, 0.2) is 46.9 Å². The van der Waals surface area contributed by atoms with Gasteiger partial charge in [0.15, 0.2) is 5.76 Å². The largest absolute Gasteiger partial charge is 0.455 e. The Morgan fingerprint density at radius 3 is 2.73 bits per heavy atom. The van der Waals surface area contributed by atoms with Gasteiger partial charge in [-0.15, -0.1) is 0 Å². The van der Waals surface area contributed by atoms with Crippen molar-refractivity contribution in [3.8, 4) is 0 Å². The number of hydrogen-bond acceptors (Lipinski definition) is 3. The number of carbonyl (C=O) groups excluding carboxylic acids is 1. The minimum Gasteiger partial charge on any atom is -0.455 e. The van der Waals surface area contributed by atoms with Gasteiger partial charge in [0.05, 0.1) is 6.10 Å². The van der Waals surface area contributed by atoms with Gasteiger partial charge in [0.2, 0.25) is 0 Å². The summed E-state index contributed by atoms with van der Waals surface area (Å²) in [7, 11) is 0. The number of furan rings is 1. The summed E-state index contributed by atoms with van der Waals surface area (Å²) in [6, 6.07) is 13.7. The van der Waals surface area contributed by atoms with E-state index in [1.54, 1.807) is 0 Å². The van der Waals surface area contributed by atoms with Gasteiger partial charge in [0, 0.05) is 28.6 Å². The SMILES string of the molecule is Cc1c(C(=O)Nc2cccc3ccccc23)oc2c1C(O)CC(C)(C)C2. The van der Waals surface area contributed by atoms with Crippen molar-refractivity contribution in [1.82, 2.24) is 0 Å². The minimum atomic E-state index is -0.586. The maximum Gasteiger partial charge on any atom is 0.291 e. The zero-order valence-corrected chi connectivity index (χ0v) is 15.3. The summed E-state index contributed by atoms with van der Waals surface area (Å²) in [5.74, 6) is 0.743. The molecule has 0 radical (unpaired) electrons. The summed E-state index contributed by atoms with van der Waals surface area (Å²) >= 11 is 0. The van der Waals surface area contributed by atoms with Crippen molar-refractivity contribution in [2.75, 3.05) is 5.32 Å². The number of rotatable bonds is 2. The monoisotopic (exact) mass is 349 g/mol. The molecule has 26 heavy (non-hydrogen) atoms. The van der Waals surface area contributed by atoms with E-state index >= 15 is 0 Å². The molecule has 1 aliphatic rings. The molecule has 0 saturated carbocycles. The van der Waals surface area contributed by atoms with Crippen LogP contribution >= 0.6 is 0 Å². The Kier molecular flexibility index (Phi) is 3.88. The number of nitrogens with one attached hydrogen (secondary N) is 1. The lowest BCUT2D eigenvalue weighted by atomic mass is 9.75. The van der Waals surface area contributed by atoms with E-state index < -0.39 is 6.10 Å². The number of aliphatic hydroxyl groups is 1. The van der Waals surface area contributed by atoms with Gasteiger partial charge in [-0.3, -0.25) is 4.79 Å². The van der Waals surface area contributed by atoms with Crippen molar-refractivity contribution < 1.29 is 14.3 Å². The normalized spacial score (nSPS) is 18.5. The van der Waals surface area contributed by atoms with Crippen molar-refractivity contribution in [3.63, 3.8) is 0 Å². The molecule has 2 N–H and O–H groups in total. The Hall–Kier alpha value is -2.59. The second kappa shape index (κ2) is 5.99. The minimum absolute atomic E-state index is 0.0416. The molecule has 134 valence electrons. The van der Waals surface area contributed by atoms with Crippen LogP contribution in [0.5, 0.6) is 0 Å². The van der Waals surface area contributed by atoms with Gasteiger partial charge in [0.25, 0.3) is 5.91 Å². The Morgan fingerprint density at radius 1 is 1.19 bits per heavy atom. The van der Waals surface area contributed by atoms with Gasteiger partial charge < -0.3 is 14.8 Å². The van der Waals surface area contributed by atoms with Crippen molar-refractivity contribution in [2.24, 2.45) is 5.41 Å². The number of hydrogen-bond donors (Lipinski definition) is 2. The third-order valence-corrected chi connectivity index (χ3v) is 5.23. The van der Waals surface area contributed by atoms with Crippen molar-refractivity contribution in [2.45, 2.75) is 39.7 Å². The summed E-state index contributed by atoms with van der Waals surface area (Å²) < 4.78 is 5.92. The van der Waals surface area contributed by atoms with Gasteiger partial charge in [-0.2, -0.15) is 0 Å². The highest BCUT2D eigenvalue weighted by molar-refractivity contribution is 6.08. The van der Waals surface area contributed by atoms with E-state index in [0.717, 1.165) is 39.8 Å². The molecule has 3 aromatic rings. The van der Waals surface area contributed by atoms with Crippen LogP contribution in [0.3, 0.4) is 0 Å². The fraction of sp³-hybridized carbons (Fsp3) is 0.318. The van der Waals surface area contributed by atoms with E-state index in [2.05, 4.69) is 19.2 Å². The van der Waals surface area contributed by atoms with Crippen LogP contribution in [0.2, 0.25) is 0 Å². The lowest BCUT2D eigenvalue weighted by Gasteiger charge is -2.31. The molecule has 1 atom stereocenters. The van der Waals surface area contributed by atoms with Crippen molar-refractivity contribution in [3.05, 3.63) is 65.1 Å². The van der Waals surface area contributed by atoms with Gasteiger partial charge in [0.1, 0.15) is 5.76 Å². The first-order valence-corrected chi connectivity index (χ1v) is 8.95. The lowest BCUT2D eigenvalue weighted by Crippen LogP contribution is -2.24. The van der Waals surface area contributed by atoms with E-state index in [1.807, 2.05) is 49.4 Å². The molecule has 1 unspecified atom stereocenters. The van der Waals surface area contributed by atoms with Gasteiger partial charge in [-0.1, -0.05) is 50.2 Å². The summed E-state index contributed by atoms with van der Waals surface area (Å²) in [6.07, 6.45) is 0.809. The average molecular weight is 349 g/mol. The van der Waals surface area contributed by atoms with Crippen LogP contribution in [-0.4, -0.2) is 11.0 Å². The van der Waals surface area contributed by atoms with E-state index in [0.29, 0.717) is 12.2 Å². The number of aliphatic hydroxyl groups excluding tert-OH is 1. The highest BCUT2D eigenvalue weighted by Crippen LogP contribution is 2.44. The summed E-state index contributed by atoms with van der Waals surface area (Å²) in [6.45, 7) is 6.06. The van der Waals surface area contributed by atoms with Crippen LogP contribution in [0.1, 0.15) is 53.8 Å². The highest BCUT2D eigenvalue weighted by atomic mass is 16.4. The average Bonchev–Trinajstić information content (AvgIpc) is 2.90. The fourth-order valence-corrected chi connectivity index (χ4v) is 4.02. The topological polar surface area (TPSA) is 62.5 Å². The first-order valence-electron chi connectivity index (χ1n) is 8.95. The standard InChI is InChI=1S/C22H23NO3/c1-13-19-17(24)11-22(2,3)12-18(19)26-20(13)21(25)23-16-10-6-8-14-7-4-5-9-15(14)16/h4-10,17,24H,11-12H2,1-3H3,(H,23,25). The van der Waals surface area contributed by atoms with Gasteiger partial charge in [-0.25, -0.2) is 0 Å². The Bertz CT molecular complexity index is 995. The molecule has 1 amide bonds. The summed E-state index contributed by atoms with van der Waals surface area (Å²) in [4.78, 5) is 12.9. The first-order chi connectivity index (χ1) is 12.4. The maximum atomic E-state index is 12.9. The second-order valence-electron chi connectivity index (χ2n) is 7.93. The zero-order valence-electron chi connectivity index (χ0n) is 15.3. The molecule has 2 aromatic carbocycles. The predicted octanol–water partition coefficient (Wildman–Crippen LogP) is 5.00. The van der Waals surface area contributed by atoms with Crippen molar-refractivity contribution in [1.29, 1.82) is 0 Å². The molecule has 0 aliphatic heterocycles. The molecule has 4 nitrogen and oxygen atoms in total. The zero-order chi connectivity index (χ0) is 18.5. The van der Waals surface area contributed by atoms with E-state index in [1.165, 1.54) is 0 Å². The molecule has 1 aliphatic carbocycles. The Morgan fingerprint density at radius 2 is 1.92 bits per heavy atom. The third kappa shape index (κ3) is 2.80. The third-order valence-electron chi connectivity index (χ3n) is 5.23. The number of fused-ring (bicyclic) bond motifs is 2. The number of amides is 1. The first kappa shape index (κ1) is 16.9. The predicted molar refractivity (Wildman–Crippen MR) is 102 cm³/mol. The molecule has 4 rings (SSSR count). The quantitative estimate of drug-likeness (QED) is 0.684. The summed E-state index contributed by atoms with van der Waals surface area (Å²) in [5, 5.41) is 15.5. The fourth-order valence-electron chi connectivity index (χ4n) is 4.02. The number of anilines is 1. The molecule has 1 heterocycles. The van der Waals surface area contributed by atoms with Crippen LogP contribution in [0, 0.1) is 12.3 Å². The number of benzene rings is 2. The number of carbonyl (C=O) groups is 1. The van der Waals surface area contributed by atoms with E-state index in [-0.39, 0.29) is 11.3 Å². The second-order valence-corrected chi connectivity index (χ2v) is 7.93. The van der Waals surface area contributed by atoms with Gasteiger partial charge in [-0.05, 0) is 30.2 Å². The van der Waals surface area contributed by atoms with Crippen molar-refractivity contribution >= 4 is 22.4 Å². The Labute approximate surface area is 152 Å². The van der Waals surface area contributed by atoms with Crippen LogP contribution in [-0.2, 0) is 6.42 Å². The lowest BCUT2D eigenvalue weighted by molar-refractivity contribution is 0.0910. The van der Waals surface area contributed by atoms with Crippen LogP contribution in [0.4, 0.5) is 5.69 Å². The molecular formula is C22H23NO3.